The maximum Gasteiger partial charge on any atom is 0.254 e. The molecule has 2 fully saturated rings. The Balaban J connectivity index is 1.45. The molecule has 2 aromatic rings. The van der Waals surface area contributed by atoms with Gasteiger partial charge >= 0.3 is 0 Å². The number of nitrogens with zero attached hydrogens (tertiary/aromatic N) is 1. The van der Waals surface area contributed by atoms with E-state index in [1.807, 2.05) is 54.6 Å². The molecular formula is C21H23NO2. The molecule has 3 heteroatoms. The predicted octanol–water partition coefficient (Wildman–Crippen LogP) is 4.88. The number of carbonyl (C=O) groups excluding carboxylic acids is 1. The fraction of sp³-hybridized carbons (Fsp3) is 0.381. The first-order valence-electron chi connectivity index (χ1n) is 8.95. The van der Waals surface area contributed by atoms with Crippen LogP contribution in [0.5, 0.6) is 11.5 Å². The number of benzene rings is 2. The lowest BCUT2D eigenvalue weighted by molar-refractivity contribution is 0.0690. The van der Waals surface area contributed by atoms with E-state index < -0.39 is 0 Å². The lowest BCUT2D eigenvalue weighted by atomic mass is 9.85. The van der Waals surface area contributed by atoms with Crippen LogP contribution in [0.1, 0.15) is 42.5 Å². The summed E-state index contributed by atoms with van der Waals surface area (Å²) in [5, 5.41) is 0. The number of hydrogen-bond acceptors (Lipinski definition) is 2. The third kappa shape index (κ3) is 3.03. The molecule has 0 radical (unpaired) electrons. The van der Waals surface area contributed by atoms with Crippen molar-refractivity contribution in [3.05, 3.63) is 60.2 Å². The standard InChI is InChI=1S/C21H23NO2/c23-21(22-15-14-16-6-4-5-9-20(16)22)17-10-12-19(13-11-17)24-18-7-2-1-3-8-18/h1-3,7-8,10-13,16,20H,4-6,9,14-15H2. The third-order valence-electron chi connectivity index (χ3n) is 5.35. The zero-order valence-corrected chi connectivity index (χ0v) is 13.9. The fourth-order valence-corrected chi connectivity index (χ4v) is 4.11. The molecule has 2 aliphatic rings. The van der Waals surface area contributed by atoms with Crippen molar-refractivity contribution in [2.24, 2.45) is 5.92 Å². The first-order chi connectivity index (χ1) is 11.8. The zero-order valence-electron chi connectivity index (χ0n) is 13.9. The lowest BCUT2D eigenvalue weighted by Gasteiger charge is -2.31. The molecule has 24 heavy (non-hydrogen) atoms. The second kappa shape index (κ2) is 6.68. The van der Waals surface area contributed by atoms with Crippen molar-refractivity contribution < 1.29 is 9.53 Å². The lowest BCUT2D eigenvalue weighted by Crippen LogP contribution is -2.39. The van der Waals surface area contributed by atoms with Crippen molar-refractivity contribution in [1.82, 2.24) is 4.90 Å². The van der Waals surface area contributed by atoms with Crippen LogP contribution in [0.2, 0.25) is 0 Å². The van der Waals surface area contributed by atoms with Gasteiger partial charge in [0.25, 0.3) is 5.91 Å². The van der Waals surface area contributed by atoms with Gasteiger partial charge in [-0.1, -0.05) is 31.0 Å². The summed E-state index contributed by atoms with van der Waals surface area (Å²) in [4.78, 5) is 15.0. The van der Waals surface area contributed by atoms with Crippen molar-refractivity contribution in [3.63, 3.8) is 0 Å². The molecular weight excluding hydrogens is 298 g/mol. The molecule has 1 aliphatic carbocycles. The molecule has 0 bridgehead atoms. The van der Waals surface area contributed by atoms with Gasteiger partial charge in [0.1, 0.15) is 11.5 Å². The first kappa shape index (κ1) is 15.3. The van der Waals surface area contributed by atoms with Crippen molar-refractivity contribution >= 4 is 5.91 Å². The molecule has 0 N–H and O–H groups in total. The van der Waals surface area contributed by atoms with E-state index in [1.165, 1.54) is 32.1 Å². The van der Waals surface area contributed by atoms with Gasteiger partial charge in [-0.05, 0) is 61.6 Å². The summed E-state index contributed by atoms with van der Waals surface area (Å²) in [5.41, 5.74) is 0.765. The Hall–Kier alpha value is -2.29. The van der Waals surface area contributed by atoms with Gasteiger partial charge in [0.05, 0.1) is 0 Å². The molecule has 2 aromatic carbocycles. The van der Waals surface area contributed by atoms with E-state index in [0.29, 0.717) is 6.04 Å². The molecule has 1 saturated carbocycles. The highest BCUT2D eigenvalue weighted by Gasteiger charge is 2.38. The normalized spacial score (nSPS) is 22.9. The number of hydrogen-bond donors (Lipinski definition) is 0. The summed E-state index contributed by atoms with van der Waals surface area (Å²) in [6.07, 6.45) is 6.22. The maximum absolute atomic E-state index is 12.9. The number of likely N-dealkylation sites (tertiary alicyclic amines) is 1. The molecule has 3 nitrogen and oxygen atoms in total. The quantitative estimate of drug-likeness (QED) is 0.806. The molecule has 1 amide bonds. The van der Waals surface area contributed by atoms with E-state index in [9.17, 15) is 4.79 Å². The second-order valence-electron chi connectivity index (χ2n) is 6.84. The Morgan fingerprint density at radius 2 is 1.58 bits per heavy atom. The monoisotopic (exact) mass is 321 g/mol. The molecule has 4 rings (SSSR count). The number of amides is 1. The summed E-state index contributed by atoms with van der Waals surface area (Å²) < 4.78 is 5.80. The van der Waals surface area contributed by atoms with E-state index in [0.717, 1.165) is 29.5 Å². The van der Waals surface area contributed by atoms with Crippen LogP contribution in [0, 0.1) is 5.92 Å². The minimum Gasteiger partial charge on any atom is -0.457 e. The molecule has 0 spiro atoms. The van der Waals surface area contributed by atoms with Crippen molar-refractivity contribution in [2.75, 3.05) is 6.54 Å². The highest BCUT2D eigenvalue weighted by Crippen LogP contribution is 2.37. The molecule has 2 unspecified atom stereocenters. The number of ether oxygens (including phenoxy) is 1. The minimum atomic E-state index is 0.177. The molecule has 1 aliphatic heterocycles. The van der Waals surface area contributed by atoms with Crippen LogP contribution in [0.25, 0.3) is 0 Å². The average molecular weight is 321 g/mol. The van der Waals surface area contributed by atoms with Crippen LogP contribution in [-0.4, -0.2) is 23.4 Å². The van der Waals surface area contributed by atoms with Crippen LogP contribution in [0.4, 0.5) is 0 Å². The summed E-state index contributed by atoms with van der Waals surface area (Å²) in [7, 11) is 0. The van der Waals surface area contributed by atoms with Crippen LogP contribution >= 0.6 is 0 Å². The number of fused-ring (bicyclic) bond motifs is 1. The summed E-state index contributed by atoms with van der Waals surface area (Å²) in [6.45, 7) is 0.913. The topological polar surface area (TPSA) is 29.5 Å². The number of carbonyl (C=O) groups is 1. The van der Waals surface area contributed by atoms with Crippen LogP contribution in [-0.2, 0) is 0 Å². The van der Waals surface area contributed by atoms with Gasteiger partial charge in [0, 0.05) is 18.2 Å². The van der Waals surface area contributed by atoms with E-state index in [2.05, 4.69) is 4.90 Å². The van der Waals surface area contributed by atoms with E-state index in [1.54, 1.807) is 0 Å². The van der Waals surface area contributed by atoms with Gasteiger partial charge in [0.2, 0.25) is 0 Å². The van der Waals surface area contributed by atoms with Gasteiger partial charge < -0.3 is 9.64 Å². The van der Waals surface area contributed by atoms with Crippen LogP contribution in [0.3, 0.4) is 0 Å². The molecule has 0 aromatic heterocycles. The Kier molecular flexibility index (Phi) is 4.24. The van der Waals surface area contributed by atoms with Crippen molar-refractivity contribution in [1.29, 1.82) is 0 Å². The predicted molar refractivity (Wildman–Crippen MR) is 94.4 cm³/mol. The Morgan fingerprint density at radius 3 is 2.38 bits per heavy atom. The SMILES string of the molecule is O=C(c1ccc(Oc2ccccc2)cc1)N1CCC2CCCCC21. The van der Waals surface area contributed by atoms with Gasteiger partial charge in [0.15, 0.2) is 0 Å². The average Bonchev–Trinajstić information content (AvgIpc) is 3.07. The Morgan fingerprint density at radius 1 is 0.875 bits per heavy atom. The Labute approximate surface area is 143 Å². The first-order valence-corrected chi connectivity index (χ1v) is 8.95. The summed E-state index contributed by atoms with van der Waals surface area (Å²) in [6, 6.07) is 17.7. The maximum atomic E-state index is 12.9. The van der Waals surface area contributed by atoms with E-state index in [-0.39, 0.29) is 5.91 Å². The summed E-state index contributed by atoms with van der Waals surface area (Å²) in [5.74, 6) is 2.47. The molecule has 2 atom stereocenters. The zero-order chi connectivity index (χ0) is 16.4. The van der Waals surface area contributed by atoms with Gasteiger partial charge in [-0.25, -0.2) is 0 Å². The van der Waals surface area contributed by atoms with Crippen molar-refractivity contribution in [3.8, 4) is 11.5 Å². The number of para-hydroxylation sites is 1. The molecule has 1 heterocycles. The summed E-state index contributed by atoms with van der Waals surface area (Å²) >= 11 is 0. The minimum absolute atomic E-state index is 0.177. The molecule has 1 saturated heterocycles. The van der Waals surface area contributed by atoms with Crippen molar-refractivity contribution in [2.45, 2.75) is 38.1 Å². The van der Waals surface area contributed by atoms with Gasteiger partial charge in [-0.15, -0.1) is 0 Å². The van der Waals surface area contributed by atoms with Crippen LogP contribution in [0.15, 0.2) is 54.6 Å². The van der Waals surface area contributed by atoms with Gasteiger partial charge in [-0.3, -0.25) is 4.79 Å². The van der Waals surface area contributed by atoms with E-state index in [4.69, 9.17) is 4.74 Å². The highest BCUT2D eigenvalue weighted by atomic mass is 16.5. The second-order valence-corrected chi connectivity index (χ2v) is 6.84. The molecule has 124 valence electrons. The highest BCUT2D eigenvalue weighted by molar-refractivity contribution is 5.94. The van der Waals surface area contributed by atoms with Gasteiger partial charge in [-0.2, -0.15) is 0 Å². The Bertz CT molecular complexity index is 696. The largest absolute Gasteiger partial charge is 0.457 e. The smallest absolute Gasteiger partial charge is 0.254 e. The third-order valence-corrected chi connectivity index (χ3v) is 5.35. The van der Waals surface area contributed by atoms with Crippen LogP contribution < -0.4 is 4.74 Å². The fourth-order valence-electron chi connectivity index (χ4n) is 4.11. The van der Waals surface area contributed by atoms with E-state index >= 15 is 0 Å². The number of rotatable bonds is 3.